The summed E-state index contributed by atoms with van der Waals surface area (Å²) in [5.74, 6) is 0.412. The standard InChI is InChI=1S/C20H24BrN3O2S/c1-26-19-10-18(22)17(21)9-16(19)20(25)23-12-7-13-4-5-14(8-12)24(13)11-15-3-2-6-27-15/h2-3,6,9-10,12-14H,4-5,7-8,11,22H2,1H3,(H,23,25). The van der Waals surface area contributed by atoms with Gasteiger partial charge in [0.2, 0.25) is 0 Å². The lowest BCUT2D eigenvalue weighted by atomic mass is 9.96. The number of hydrogen-bond donors (Lipinski definition) is 2. The Kier molecular flexibility index (Phi) is 5.43. The van der Waals surface area contributed by atoms with Crippen molar-refractivity contribution in [3.8, 4) is 5.75 Å². The van der Waals surface area contributed by atoms with Crippen molar-refractivity contribution in [1.29, 1.82) is 0 Å². The Bertz CT molecular complexity index is 813. The van der Waals surface area contributed by atoms with E-state index in [9.17, 15) is 4.79 Å². The summed E-state index contributed by atoms with van der Waals surface area (Å²) < 4.78 is 6.06. The third-order valence-corrected chi connectivity index (χ3v) is 7.25. The zero-order valence-electron chi connectivity index (χ0n) is 15.3. The normalized spacial score (nSPS) is 24.7. The lowest BCUT2D eigenvalue weighted by molar-refractivity contribution is 0.0828. The van der Waals surface area contributed by atoms with E-state index in [-0.39, 0.29) is 11.9 Å². The number of amides is 1. The van der Waals surface area contributed by atoms with E-state index in [0.29, 0.717) is 33.6 Å². The quantitative estimate of drug-likeness (QED) is 0.676. The summed E-state index contributed by atoms with van der Waals surface area (Å²) in [6.45, 7) is 1.03. The monoisotopic (exact) mass is 449 g/mol. The van der Waals surface area contributed by atoms with Gasteiger partial charge in [0.1, 0.15) is 5.75 Å². The fourth-order valence-electron chi connectivity index (χ4n) is 4.41. The van der Waals surface area contributed by atoms with Gasteiger partial charge >= 0.3 is 0 Å². The van der Waals surface area contributed by atoms with Crippen LogP contribution in [0.4, 0.5) is 5.69 Å². The number of benzene rings is 1. The molecular formula is C20H24BrN3O2S. The molecule has 3 N–H and O–H groups in total. The van der Waals surface area contributed by atoms with Gasteiger partial charge in [0, 0.05) is 45.8 Å². The first-order valence-corrected chi connectivity index (χ1v) is 10.9. The molecule has 1 aromatic carbocycles. The minimum atomic E-state index is -0.0938. The molecule has 3 heterocycles. The molecule has 27 heavy (non-hydrogen) atoms. The second-order valence-corrected chi connectivity index (χ2v) is 9.24. The van der Waals surface area contributed by atoms with Gasteiger partial charge in [0.05, 0.1) is 12.7 Å². The third kappa shape index (κ3) is 3.86. The average molecular weight is 450 g/mol. The van der Waals surface area contributed by atoms with Crippen molar-refractivity contribution in [3.05, 3.63) is 44.6 Å². The van der Waals surface area contributed by atoms with Crippen LogP contribution in [0.25, 0.3) is 0 Å². The maximum Gasteiger partial charge on any atom is 0.255 e. The number of hydrogen-bond acceptors (Lipinski definition) is 5. The highest BCUT2D eigenvalue weighted by molar-refractivity contribution is 9.10. The number of fused-ring (bicyclic) bond motifs is 2. The van der Waals surface area contributed by atoms with Gasteiger partial charge in [-0.3, -0.25) is 9.69 Å². The van der Waals surface area contributed by atoms with E-state index in [4.69, 9.17) is 10.5 Å². The minimum absolute atomic E-state index is 0.0938. The summed E-state index contributed by atoms with van der Waals surface area (Å²) in [5, 5.41) is 5.37. The smallest absolute Gasteiger partial charge is 0.255 e. The number of carbonyl (C=O) groups is 1. The predicted octanol–water partition coefficient (Wildman–Crippen LogP) is 4.03. The molecule has 2 aliphatic heterocycles. The van der Waals surface area contributed by atoms with E-state index in [1.54, 1.807) is 19.2 Å². The van der Waals surface area contributed by atoms with Gasteiger partial charge in [-0.05, 0) is 59.1 Å². The number of ether oxygens (including phenoxy) is 1. The second-order valence-electron chi connectivity index (χ2n) is 7.35. The maximum absolute atomic E-state index is 12.9. The van der Waals surface area contributed by atoms with Crippen LogP contribution in [0.5, 0.6) is 5.75 Å². The molecular weight excluding hydrogens is 426 g/mol. The number of nitrogens with zero attached hydrogens (tertiary/aromatic N) is 1. The molecule has 2 aromatic rings. The third-order valence-electron chi connectivity index (χ3n) is 5.70. The van der Waals surface area contributed by atoms with E-state index < -0.39 is 0 Å². The molecule has 2 fully saturated rings. The van der Waals surface area contributed by atoms with Crippen LogP contribution in [0.1, 0.15) is 40.9 Å². The summed E-state index contributed by atoms with van der Waals surface area (Å²) in [4.78, 5) is 16.9. The van der Waals surface area contributed by atoms with Gasteiger partial charge in [-0.2, -0.15) is 0 Å². The van der Waals surface area contributed by atoms with E-state index in [2.05, 4.69) is 43.7 Å². The average Bonchev–Trinajstić information content (AvgIpc) is 3.23. The Morgan fingerprint density at radius 2 is 2.11 bits per heavy atom. The molecule has 0 aliphatic carbocycles. The molecule has 1 aromatic heterocycles. The number of nitrogen functional groups attached to an aromatic ring is 1. The Morgan fingerprint density at radius 3 is 2.74 bits per heavy atom. The van der Waals surface area contributed by atoms with Crippen LogP contribution in [0.3, 0.4) is 0 Å². The van der Waals surface area contributed by atoms with Crippen LogP contribution < -0.4 is 15.8 Å². The van der Waals surface area contributed by atoms with Crippen molar-refractivity contribution in [3.63, 3.8) is 0 Å². The van der Waals surface area contributed by atoms with Gasteiger partial charge in [0.15, 0.2) is 0 Å². The van der Waals surface area contributed by atoms with Gasteiger partial charge in [-0.1, -0.05) is 6.07 Å². The lowest BCUT2D eigenvalue weighted by Gasteiger charge is -2.39. The van der Waals surface area contributed by atoms with Crippen LogP contribution in [-0.2, 0) is 6.54 Å². The van der Waals surface area contributed by atoms with Crippen molar-refractivity contribution in [1.82, 2.24) is 10.2 Å². The highest BCUT2D eigenvalue weighted by atomic mass is 79.9. The Labute approximate surface area is 172 Å². The number of nitrogens with two attached hydrogens (primary N) is 1. The molecule has 0 saturated carbocycles. The van der Waals surface area contributed by atoms with Crippen LogP contribution in [0.15, 0.2) is 34.1 Å². The number of nitrogens with one attached hydrogen (secondary N) is 1. The molecule has 2 atom stereocenters. The summed E-state index contributed by atoms with van der Waals surface area (Å²) >= 11 is 5.23. The van der Waals surface area contributed by atoms with Crippen LogP contribution in [0.2, 0.25) is 0 Å². The number of piperidine rings is 1. The number of methoxy groups -OCH3 is 1. The van der Waals surface area contributed by atoms with E-state index in [1.165, 1.54) is 17.7 Å². The van der Waals surface area contributed by atoms with Crippen LogP contribution in [0, 0.1) is 0 Å². The topological polar surface area (TPSA) is 67.6 Å². The first-order valence-electron chi connectivity index (χ1n) is 9.27. The zero-order valence-corrected chi connectivity index (χ0v) is 17.7. The fourth-order valence-corrected chi connectivity index (χ4v) is 5.47. The van der Waals surface area contributed by atoms with Crippen molar-refractivity contribution < 1.29 is 9.53 Å². The van der Waals surface area contributed by atoms with Crippen molar-refractivity contribution in [2.75, 3.05) is 12.8 Å². The molecule has 0 spiro atoms. The summed E-state index contributed by atoms with van der Waals surface area (Å²) in [6.07, 6.45) is 4.45. The van der Waals surface area contributed by atoms with Gasteiger partial charge in [-0.25, -0.2) is 0 Å². The van der Waals surface area contributed by atoms with E-state index in [1.807, 2.05) is 11.3 Å². The molecule has 2 saturated heterocycles. The van der Waals surface area contributed by atoms with E-state index in [0.717, 1.165) is 19.4 Å². The summed E-state index contributed by atoms with van der Waals surface area (Å²) in [5.41, 5.74) is 6.98. The van der Waals surface area contributed by atoms with Crippen LogP contribution >= 0.6 is 27.3 Å². The summed E-state index contributed by atoms with van der Waals surface area (Å²) in [6, 6.07) is 9.06. The number of carbonyl (C=O) groups excluding carboxylic acids is 1. The molecule has 2 bridgehead atoms. The molecule has 7 heteroatoms. The van der Waals surface area contributed by atoms with E-state index >= 15 is 0 Å². The van der Waals surface area contributed by atoms with Crippen molar-refractivity contribution in [2.45, 2.75) is 50.4 Å². The van der Waals surface area contributed by atoms with Gasteiger partial charge in [-0.15, -0.1) is 11.3 Å². The minimum Gasteiger partial charge on any atom is -0.496 e. The molecule has 2 aliphatic rings. The Hall–Kier alpha value is -1.57. The zero-order chi connectivity index (χ0) is 19.0. The molecule has 144 valence electrons. The van der Waals surface area contributed by atoms with Crippen LogP contribution in [-0.4, -0.2) is 36.0 Å². The molecule has 0 radical (unpaired) electrons. The predicted molar refractivity (Wildman–Crippen MR) is 112 cm³/mol. The molecule has 5 nitrogen and oxygen atoms in total. The van der Waals surface area contributed by atoms with Crippen molar-refractivity contribution >= 4 is 38.9 Å². The fraction of sp³-hybridized carbons (Fsp3) is 0.450. The number of thiophene rings is 1. The van der Waals surface area contributed by atoms with Crippen molar-refractivity contribution in [2.24, 2.45) is 0 Å². The number of halogens is 1. The summed E-state index contributed by atoms with van der Waals surface area (Å²) in [7, 11) is 1.56. The molecule has 4 rings (SSSR count). The first-order chi connectivity index (χ1) is 13.0. The second kappa shape index (κ2) is 7.81. The maximum atomic E-state index is 12.9. The first kappa shape index (κ1) is 18.8. The number of anilines is 1. The Morgan fingerprint density at radius 1 is 1.37 bits per heavy atom. The largest absolute Gasteiger partial charge is 0.496 e. The lowest BCUT2D eigenvalue weighted by Crippen LogP contribution is -2.49. The molecule has 2 unspecified atom stereocenters. The molecule has 1 amide bonds. The Balaban J connectivity index is 1.43. The number of rotatable bonds is 5. The van der Waals surface area contributed by atoms with Gasteiger partial charge < -0.3 is 15.8 Å². The highest BCUT2D eigenvalue weighted by Gasteiger charge is 2.41. The SMILES string of the molecule is COc1cc(N)c(Br)cc1C(=O)NC1CC2CCC(C1)N2Cc1cccs1. The highest BCUT2D eigenvalue weighted by Crippen LogP contribution is 2.37. The van der Waals surface area contributed by atoms with Gasteiger partial charge in [0.25, 0.3) is 5.91 Å².